The molecule has 1 fully saturated rings. The van der Waals surface area contributed by atoms with Crippen molar-refractivity contribution in [2.45, 2.75) is 44.7 Å². The lowest BCUT2D eigenvalue weighted by atomic mass is 9.86. The van der Waals surface area contributed by atoms with Crippen LogP contribution in [0.5, 0.6) is 11.5 Å². The normalized spacial score (nSPS) is 22.7. The van der Waals surface area contributed by atoms with Crippen LogP contribution in [0.3, 0.4) is 0 Å². The Morgan fingerprint density at radius 1 is 1.26 bits per heavy atom. The van der Waals surface area contributed by atoms with E-state index in [0.717, 1.165) is 0 Å². The van der Waals surface area contributed by atoms with Gasteiger partial charge < -0.3 is 25.2 Å². The molecule has 8 nitrogen and oxygen atoms in total. The molecule has 2 atom stereocenters. The minimum Gasteiger partial charge on any atom is -0.493 e. The van der Waals surface area contributed by atoms with Gasteiger partial charge in [0.25, 0.3) is 0 Å². The summed E-state index contributed by atoms with van der Waals surface area (Å²) in [6.45, 7) is 3.69. The van der Waals surface area contributed by atoms with Crippen molar-refractivity contribution in [2.75, 3.05) is 20.0 Å². The molecule has 1 aromatic heterocycles. The maximum Gasteiger partial charge on any atom is 0.407 e. The first-order chi connectivity index (χ1) is 12.8. The first kappa shape index (κ1) is 18.9. The number of carboxylic acid groups (broad SMARTS) is 1. The van der Waals surface area contributed by atoms with E-state index in [4.69, 9.17) is 15.2 Å². The number of nitrogens with two attached hydrogens (primary N) is 1. The van der Waals surface area contributed by atoms with Crippen molar-refractivity contribution < 1.29 is 23.8 Å². The fraction of sp³-hybridized carbons (Fsp3) is 0.500. The SMILES string of the molecule is COc1cc2c(N)nc(C3CC(C)N(C(=O)O)C(C)C3)nc2c(F)c1OC. The molecule has 3 N–H and O–H groups in total. The number of hydrogen-bond donors (Lipinski definition) is 2. The zero-order valence-electron chi connectivity index (χ0n) is 15.7. The lowest BCUT2D eigenvalue weighted by Crippen LogP contribution is -2.49. The molecule has 1 aliphatic rings. The Kier molecular flexibility index (Phi) is 4.95. The fourth-order valence-corrected chi connectivity index (χ4v) is 3.92. The molecule has 27 heavy (non-hydrogen) atoms. The highest BCUT2D eigenvalue weighted by Crippen LogP contribution is 2.39. The summed E-state index contributed by atoms with van der Waals surface area (Å²) < 4.78 is 25.2. The van der Waals surface area contributed by atoms with Crippen LogP contribution in [0, 0.1) is 5.82 Å². The maximum atomic E-state index is 14.9. The lowest BCUT2D eigenvalue weighted by molar-refractivity contribution is 0.0756. The van der Waals surface area contributed by atoms with Crippen LogP contribution in [0.2, 0.25) is 0 Å². The number of aromatic nitrogens is 2. The smallest absolute Gasteiger partial charge is 0.407 e. The number of hydrogen-bond acceptors (Lipinski definition) is 6. The molecule has 9 heteroatoms. The predicted octanol–water partition coefficient (Wildman–Crippen LogP) is 3.00. The predicted molar refractivity (Wildman–Crippen MR) is 97.8 cm³/mol. The third-order valence-electron chi connectivity index (χ3n) is 5.11. The Labute approximate surface area is 156 Å². The van der Waals surface area contributed by atoms with E-state index in [1.54, 1.807) is 6.07 Å². The molecule has 0 radical (unpaired) electrons. The minimum atomic E-state index is -0.949. The van der Waals surface area contributed by atoms with Gasteiger partial charge in [0, 0.05) is 23.4 Å². The van der Waals surface area contributed by atoms with Crippen LogP contribution in [0.4, 0.5) is 15.0 Å². The monoisotopic (exact) mass is 378 g/mol. The van der Waals surface area contributed by atoms with Crippen molar-refractivity contribution in [3.63, 3.8) is 0 Å². The summed E-state index contributed by atoms with van der Waals surface area (Å²) in [7, 11) is 2.76. The second kappa shape index (κ2) is 7.05. The van der Waals surface area contributed by atoms with Crippen molar-refractivity contribution in [3.05, 3.63) is 17.7 Å². The van der Waals surface area contributed by atoms with Crippen LogP contribution in [0.15, 0.2) is 6.07 Å². The van der Waals surface area contributed by atoms with E-state index in [1.165, 1.54) is 19.1 Å². The first-order valence-electron chi connectivity index (χ1n) is 8.67. The molecule has 1 aromatic carbocycles. The van der Waals surface area contributed by atoms with Crippen LogP contribution in [-0.4, -0.2) is 52.4 Å². The average Bonchev–Trinajstić information content (AvgIpc) is 2.60. The van der Waals surface area contributed by atoms with Gasteiger partial charge in [-0.15, -0.1) is 0 Å². The van der Waals surface area contributed by atoms with Gasteiger partial charge in [-0.1, -0.05) is 0 Å². The summed E-state index contributed by atoms with van der Waals surface area (Å²) in [5.74, 6) is -0.0548. The highest BCUT2D eigenvalue weighted by atomic mass is 19.1. The molecule has 0 spiro atoms. The van der Waals surface area contributed by atoms with E-state index < -0.39 is 11.9 Å². The second-order valence-electron chi connectivity index (χ2n) is 6.85. The molecule has 1 amide bonds. The van der Waals surface area contributed by atoms with Gasteiger partial charge in [-0.3, -0.25) is 0 Å². The van der Waals surface area contributed by atoms with E-state index in [9.17, 15) is 14.3 Å². The van der Waals surface area contributed by atoms with Crippen LogP contribution in [0.1, 0.15) is 38.4 Å². The Hall–Kier alpha value is -2.84. The van der Waals surface area contributed by atoms with E-state index in [1.807, 2.05) is 13.8 Å². The number of halogens is 1. The Balaban J connectivity index is 2.06. The third kappa shape index (κ3) is 3.17. The van der Waals surface area contributed by atoms with Gasteiger partial charge >= 0.3 is 6.09 Å². The first-order valence-corrected chi connectivity index (χ1v) is 8.67. The van der Waals surface area contributed by atoms with E-state index in [-0.39, 0.29) is 40.8 Å². The molecule has 146 valence electrons. The summed E-state index contributed by atoms with van der Waals surface area (Å²) >= 11 is 0. The van der Waals surface area contributed by atoms with Crippen molar-refractivity contribution in [2.24, 2.45) is 0 Å². The summed E-state index contributed by atoms with van der Waals surface area (Å²) in [5, 5.41) is 9.71. The number of rotatable bonds is 3. The summed E-state index contributed by atoms with van der Waals surface area (Å²) in [6, 6.07) is 1.15. The molecule has 2 aromatic rings. The highest BCUT2D eigenvalue weighted by Gasteiger charge is 2.36. The number of likely N-dealkylation sites (tertiary alicyclic amines) is 1. The average molecular weight is 378 g/mol. The van der Waals surface area contributed by atoms with Gasteiger partial charge in [0.15, 0.2) is 17.3 Å². The number of fused-ring (bicyclic) bond motifs is 1. The van der Waals surface area contributed by atoms with E-state index in [0.29, 0.717) is 24.1 Å². The van der Waals surface area contributed by atoms with E-state index >= 15 is 0 Å². The van der Waals surface area contributed by atoms with Gasteiger partial charge in [-0.25, -0.2) is 19.2 Å². The molecular weight excluding hydrogens is 355 g/mol. The number of piperidine rings is 1. The highest BCUT2D eigenvalue weighted by molar-refractivity contribution is 5.91. The standard InChI is InChI=1S/C18H23FN4O4/c1-8-5-10(6-9(2)23(8)18(24)25)17-21-14-11(16(20)22-17)7-12(26-3)15(27-4)13(14)19/h7-10H,5-6H2,1-4H3,(H,24,25)(H2,20,21,22). The summed E-state index contributed by atoms with van der Waals surface area (Å²) in [5.41, 5.74) is 6.14. The number of anilines is 1. The van der Waals surface area contributed by atoms with Gasteiger partial charge in [-0.2, -0.15) is 0 Å². The number of benzene rings is 1. The third-order valence-corrected chi connectivity index (χ3v) is 5.11. The van der Waals surface area contributed by atoms with Crippen LogP contribution < -0.4 is 15.2 Å². The van der Waals surface area contributed by atoms with Crippen LogP contribution in [0.25, 0.3) is 10.9 Å². The molecular formula is C18H23FN4O4. The van der Waals surface area contributed by atoms with E-state index in [2.05, 4.69) is 9.97 Å². The zero-order chi connectivity index (χ0) is 19.9. The van der Waals surface area contributed by atoms with Gasteiger partial charge in [0.2, 0.25) is 0 Å². The Morgan fingerprint density at radius 2 is 1.89 bits per heavy atom. The lowest BCUT2D eigenvalue weighted by Gasteiger charge is -2.40. The zero-order valence-corrected chi connectivity index (χ0v) is 15.7. The fourth-order valence-electron chi connectivity index (χ4n) is 3.92. The van der Waals surface area contributed by atoms with Crippen LogP contribution >= 0.6 is 0 Å². The number of nitrogens with zero attached hydrogens (tertiary/aromatic N) is 3. The van der Waals surface area contributed by atoms with Crippen LogP contribution in [-0.2, 0) is 0 Å². The number of carbonyl (C=O) groups is 1. The molecule has 2 heterocycles. The molecule has 1 aliphatic heterocycles. The van der Waals surface area contributed by atoms with Crippen molar-refractivity contribution in [1.82, 2.24) is 14.9 Å². The number of nitrogen functional groups attached to an aromatic ring is 1. The quantitative estimate of drug-likeness (QED) is 0.844. The van der Waals surface area contributed by atoms with Crippen molar-refractivity contribution >= 4 is 22.8 Å². The maximum absolute atomic E-state index is 14.9. The number of methoxy groups -OCH3 is 2. The molecule has 2 unspecified atom stereocenters. The molecule has 3 rings (SSSR count). The minimum absolute atomic E-state index is 0.0449. The second-order valence-corrected chi connectivity index (χ2v) is 6.85. The number of amides is 1. The van der Waals surface area contributed by atoms with Gasteiger partial charge in [0.1, 0.15) is 17.2 Å². The largest absolute Gasteiger partial charge is 0.493 e. The number of ether oxygens (including phenoxy) is 2. The van der Waals surface area contributed by atoms with Crippen molar-refractivity contribution in [1.29, 1.82) is 0 Å². The van der Waals surface area contributed by atoms with Gasteiger partial charge in [0.05, 0.1) is 14.2 Å². The molecule has 1 saturated heterocycles. The Morgan fingerprint density at radius 3 is 2.41 bits per heavy atom. The Bertz CT molecular complexity index is 880. The summed E-state index contributed by atoms with van der Waals surface area (Å²) in [6.07, 6.45) is 0.128. The summed E-state index contributed by atoms with van der Waals surface area (Å²) in [4.78, 5) is 21.6. The molecule has 0 bridgehead atoms. The molecule has 0 saturated carbocycles. The van der Waals surface area contributed by atoms with Crippen molar-refractivity contribution in [3.8, 4) is 11.5 Å². The molecule has 0 aliphatic carbocycles. The van der Waals surface area contributed by atoms with Gasteiger partial charge in [-0.05, 0) is 32.8 Å². The topological polar surface area (TPSA) is 111 Å².